The van der Waals surface area contributed by atoms with E-state index in [-0.39, 0.29) is 10.9 Å². The standard InChI is InChI=1S/C29H28F2N4O2/c1-2-34-19-24(29(37)32-22-10-8-21(30)9-11-22)28(36)23-16-25(31)27(17-26(23)34)35-14-12-33(13-15-35)18-20-6-4-3-5-7-20/h3-11,16-17,19H,2,12-15,18H2,1H3,(H,32,37). The van der Waals surface area contributed by atoms with Crippen LogP contribution in [0, 0.1) is 11.6 Å². The molecule has 2 heterocycles. The Hall–Kier alpha value is -4.04. The maximum absolute atomic E-state index is 15.3. The first-order valence-corrected chi connectivity index (χ1v) is 12.4. The Morgan fingerprint density at radius 2 is 1.65 bits per heavy atom. The van der Waals surface area contributed by atoms with E-state index in [9.17, 15) is 14.0 Å². The van der Waals surface area contributed by atoms with E-state index >= 15 is 4.39 Å². The van der Waals surface area contributed by atoms with Gasteiger partial charge in [0.05, 0.1) is 11.2 Å². The van der Waals surface area contributed by atoms with Crippen LogP contribution in [-0.2, 0) is 13.1 Å². The van der Waals surface area contributed by atoms with E-state index in [2.05, 4.69) is 22.3 Å². The molecule has 0 aliphatic carbocycles. The number of carbonyl (C=O) groups excluding carboxylic acids is 1. The van der Waals surface area contributed by atoms with Crippen LogP contribution in [0.4, 0.5) is 20.2 Å². The minimum atomic E-state index is -0.625. The summed E-state index contributed by atoms with van der Waals surface area (Å²) in [5.74, 6) is -1.54. The molecule has 6 nitrogen and oxygen atoms in total. The number of pyridine rings is 1. The van der Waals surface area contributed by atoms with Gasteiger partial charge in [0.2, 0.25) is 5.43 Å². The average molecular weight is 503 g/mol. The van der Waals surface area contributed by atoms with Crippen LogP contribution in [0.3, 0.4) is 0 Å². The lowest BCUT2D eigenvalue weighted by Crippen LogP contribution is -2.46. The van der Waals surface area contributed by atoms with Crippen molar-refractivity contribution >= 4 is 28.2 Å². The maximum atomic E-state index is 15.3. The van der Waals surface area contributed by atoms with E-state index in [0.29, 0.717) is 36.5 Å². The van der Waals surface area contributed by atoms with Gasteiger partial charge in [0.25, 0.3) is 5.91 Å². The molecule has 1 saturated heterocycles. The highest BCUT2D eigenvalue weighted by Crippen LogP contribution is 2.27. The van der Waals surface area contributed by atoms with Gasteiger partial charge in [0.1, 0.15) is 17.2 Å². The van der Waals surface area contributed by atoms with Crippen LogP contribution in [0.25, 0.3) is 10.9 Å². The lowest BCUT2D eigenvalue weighted by molar-refractivity contribution is 0.102. The number of carbonyl (C=O) groups is 1. The molecule has 1 aliphatic rings. The van der Waals surface area contributed by atoms with E-state index in [1.54, 1.807) is 10.6 Å². The zero-order valence-electron chi connectivity index (χ0n) is 20.6. The molecule has 37 heavy (non-hydrogen) atoms. The molecule has 1 aliphatic heterocycles. The SMILES string of the molecule is CCn1cc(C(=O)Nc2ccc(F)cc2)c(=O)c2cc(F)c(N3CCN(Cc4ccccc4)CC3)cc21. The van der Waals surface area contributed by atoms with Crippen molar-refractivity contribution in [1.29, 1.82) is 0 Å². The molecule has 0 spiro atoms. The van der Waals surface area contributed by atoms with Gasteiger partial charge in [-0.05, 0) is 48.9 Å². The number of benzene rings is 3. The van der Waals surface area contributed by atoms with Crippen LogP contribution in [0.1, 0.15) is 22.8 Å². The zero-order chi connectivity index (χ0) is 25.9. The Morgan fingerprint density at radius 1 is 0.946 bits per heavy atom. The van der Waals surface area contributed by atoms with Crippen molar-refractivity contribution in [3.8, 4) is 0 Å². The number of rotatable bonds is 6. The zero-order valence-corrected chi connectivity index (χ0v) is 20.6. The molecular formula is C29H28F2N4O2. The van der Waals surface area contributed by atoms with E-state index in [4.69, 9.17) is 0 Å². The molecule has 0 bridgehead atoms. The van der Waals surface area contributed by atoms with Gasteiger partial charge < -0.3 is 14.8 Å². The smallest absolute Gasteiger partial charge is 0.261 e. The third kappa shape index (κ3) is 5.24. The number of nitrogens with zero attached hydrogens (tertiary/aromatic N) is 3. The van der Waals surface area contributed by atoms with Gasteiger partial charge in [-0.15, -0.1) is 0 Å². The van der Waals surface area contributed by atoms with Gasteiger partial charge >= 0.3 is 0 Å². The Morgan fingerprint density at radius 3 is 2.32 bits per heavy atom. The summed E-state index contributed by atoms with van der Waals surface area (Å²) in [6, 6.07) is 18.5. The third-order valence-corrected chi connectivity index (χ3v) is 6.80. The predicted octanol–water partition coefficient (Wildman–Crippen LogP) is 4.87. The Kier molecular flexibility index (Phi) is 7.01. The highest BCUT2D eigenvalue weighted by Gasteiger charge is 2.23. The van der Waals surface area contributed by atoms with Crippen molar-refractivity contribution in [2.24, 2.45) is 0 Å². The topological polar surface area (TPSA) is 57.6 Å². The maximum Gasteiger partial charge on any atom is 0.261 e. The molecule has 4 aromatic rings. The summed E-state index contributed by atoms with van der Waals surface area (Å²) in [7, 11) is 0. The van der Waals surface area contributed by atoms with E-state index in [1.165, 1.54) is 42.1 Å². The largest absolute Gasteiger partial charge is 0.367 e. The Labute approximate surface area is 213 Å². The van der Waals surface area contributed by atoms with E-state index in [0.717, 1.165) is 19.6 Å². The van der Waals surface area contributed by atoms with Crippen molar-refractivity contribution in [2.45, 2.75) is 20.0 Å². The second-order valence-corrected chi connectivity index (χ2v) is 9.19. The monoisotopic (exact) mass is 502 g/mol. The van der Waals surface area contributed by atoms with Crippen LogP contribution >= 0.6 is 0 Å². The molecule has 5 rings (SSSR count). The Bertz CT molecular complexity index is 1480. The molecule has 1 fully saturated rings. The van der Waals surface area contributed by atoms with Crippen LogP contribution in [0.15, 0.2) is 77.7 Å². The lowest BCUT2D eigenvalue weighted by Gasteiger charge is -2.36. The van der Waals surface area contributed by atoms with Gasteiger partial charge in [-0.3, -0.25) is 14.5 Å². The molecule has 1 amide bonds. The molecule has 8 heteroatoms. The van der Waals surface area contributed by atoms with Crippen LogP contribution in [0.5, 0.6) is 0 Å². The summed E-state index contributed by atoms with van der Waals surface area (Å²) in [6.45, 7) is 6.19. The number of nitrogens with one attached hydrogen (secondary N) is 1. The molecule has 3 aromatic carbocycles. The molecule has 0 radical (unpaired) electrons. The number of amides is 1. The van der Waals surface area contributed by atoms with Crippen molar-refractivity contribution in [1.82, 2.24) is 9.47 Å². The van der Waals surface area contributed by atoms with Crippen molar-refractivity contribution in [2.75, 3.05) is 36.4 Å². The number of fused-ring (bicyclic) bond motifs is 1. The second-order valence-electron chi connectivity index (χ2n) is 9.19. The highest BCUT2D eigenvalue weighted by atomic mass is 19.1. The quantitative estimate of drug-likeness (QED) is 0.409. The van der Waals surface area contributed by atoms with Gasteiger partial charge in [-0.1, -0.05) is 30.3 Å². The van der Waals surface area contributed by atoms with Crippen LogP contribution in [0.2, 0.25) is 0 Å². The fraction of sp³-hybridized carbons (Fsp3) is 0.241. The van der Waals surface area contributed by atoms with Crippen LogP contribution < -0.4 is 15.6 Å². The molecule has 190 valence electrons. The highest BCUT2D eigenvalue weighted by molar-refractivity contribution is 6.06. The number of aryl methyl sites for hydroxylation is 1. The van der Waals surface area contributed by atoms with Crippen molar-refractivity contribution in [3.63, 3.8) is 0 Å². The fourth-order valence-corrected chi connectivity index (χ4v) is 4.79. The molecular weight excluding hydrogens is 474 g/mol. The number of aromatic nitrogens is 1. The van der Waals surface area contributed by atoms with Crippen molar-refractivity contribution < 1.29 is 13.6 Å². The molecule has 0 saturated carbocycles. The van der Waals surface area contributed by atoms with Gasteiger partial charge in [0.15, 0.2) is 0 Å². The van der Waals surface area contributed by atoms with E-state index in [1.807, 2.05) is 30.0 Å². The molecule has 0 atom stereocenters. The third-order valence-electron chi connectivity index (χ3n) is 6.80. The first kappa shape index (κ1) is 24.6. The summed E-state index contributed by atoms with van der Waals surface area (Å²) < 4.78 is 30.3. The van der Waals surface area contributed by atoms with Crippen LogP contribution in [-0.4, -0.2) is 41.6 Å². The average Bonchev–Trinajstić information content (AvgIpc) is 2.91. The molecule has 1 aromatic heterocycles. The Balaban J connectivity index is 1.39. The van der Waals surface area contributed by atoms with Gasteiger partial charge in [-0.25, -0.2) is 8.78 Å². The first-order chi connectivity index (χ1) is 17.9. The molecule has 1 N–H and O–H groups in total. The summed E-state index contributed by atoms with van der Waals surface area (Å²) in [5, 5.41) is 2.77. The normalized spacial score (nSPS) is 14.2. The number of piperazine rings is 1. The summed E-state index contributed by atoms with van der Waals surface area (Å²) in [5.41, 5.74) is 2.00. The summed E-state index contributed by atoms with van der Waals surface area (Å²) in [4.78, 5) is 30.4. The summed E-state index contributed by atoms with van der Waals surface area (Å²) >= 11 is 0. The van der Waals surface area contributed by atoms with Gasteiger partial charge in [0, 0.05) is 56.5 Å². The first-order valence-electron chi connectivity index (χ1n) is 12.4. The number of hydrogen-bond donors (Lipinski definition) is 1. The minimum absolute atomic E-state index is 0.0969. The lowest BCUT2D eigenvalue weighted by atomic mass is 10.1. The minimum Gasteiger partial charge on any atom is -0.367 e. The summed E-state index contributed by atoms with van der Waals surface area (Å²) in [6.07, 6.45) is 1.50. The number of anilines is 2. The number of halogens is 2. The van der Waals surface area contributed by atoms with Crippen molar-refractivity contribution in [3.05, 3.63) is 106 Å². The number of hydrogen-bond acceptors (Lipinski definition) is 4. The van der Waals surface area contributed by atoms with Gasteiger partial charge in [-0.2, -0.15) is 0 Å². The molecule has 0 unspecified atom stereocenters. The second kappa shape index (κ2) is 10.5. The fourth-order valence-electron chi connectivity index (χ4n) is 4.79. The predicted molar refractivity (Wildman–Crippen MR) is 142 cm³/mol. The van der Waals surface area contributed by atoms with E-state index < -0.39 is 23.0 Å².